The van der Waals surface area contributed by atoms with Crippen molar-refractivity contribution in [3.05, 3.63) is 52.0 Å². The molecule has 0 bridgehead atoms. The van der Waals surface area contributed by atoms with E-state index in [9.17, 15) is 4.79 Å². The van der Waals surface area contributed by atoms with E-state index >= 15 is 0 Å². The number of hydrogen-bond donors (Lipinski definition) is 2. The number of hydrogen-bond acceptors (Lipinski definition) is 5. The molecule has 0 aliphatic carbocycles. The van der Waals surface area contributed by atoms with Gasteiger partial charge in [-0.15, -0.1) is 11.3 Å². The summed E-state index contributed by atoms with van der Waals surface area (Å²) in [4.78, 5) is 18.7. The van der Waals surface area contributed by atoms with Gasteiger partial charge in [0.1, 0.15) is 5.01 Å². The Bertz CT molecular complexity index is 637. The highest BCUT2D eigenvalue weighted by atomic mass is 32.1. The van der Waals surface area contributed by atoms with Gasteiger partial charge in [-0.2, -0.15) is 0 Å². The van der Waals surface area contributed by atoms with Crippen LogP contribution in [0.5, 0.6) is 0 Å². The molecule has 1 aromatic carbocycles. The Morgan fingerprint density at radius 1 is 1.30 bits per heavy atom. The number of piperazine rings is 1. The molecule has 1 unspecified atom stereocenters. The molecular weight excluding hydrogens is 308 g/mol. The van der Waals surface area contributed by atoms with E-state index in [1.165, 1.54) is 5.56 Å². The minimum absolute atomic E-state index is 0.120. The minimum Gasteiger partial charge on any atom is -0.340 e. The summed E-state index contributed by atoms with van der Waals surface area (Å²) in [6.45, 7) is 3.30. The second-order valence-electron chi connectivity index (χ2n) is 5.78. The largest absolute Gasteiger partial charge is 0.340 e. The molecule has 1 amide bonds. The molecule has 1 aromatic heterocycles. The normalized spacial score (nSPS) is 16.3. The van der Waals surface area contributed by atoms with Crippen LogP contribution in [0.1, 0.15) is 22.3 Å². The second-order valence-corrected chi connectivity index (χ2v) is 6.67. The molecule has 122 valence electrons. The molecule has 3 N–H and O–H groups in total. The van der Waals surface area contributed by atoms with Crippen molar-refractivity contribution in [1.82, 2.24) is 15.2 Å². The Morgan fingerprint density at radius 2 is 2.04 bits per heavy atom. The molecular formula is C17H22N4OS. The maximum atomic E-state index is 12.3. The van der Waals surface area contributed by atoms with E-state index in [2.05, 4.69) is 22.4 Å². The molecule has 0 saturated carbocycles. The van der Waals surface area contributed by atoms with Gasteiger partial charge in [-0.05, 0) is 12.0 Å². The summed E-state index contributed by atoms with van der Waals surface area (Å²) in [5, 5.41) is 6.11. The average molecular weight is 330 g/mol. The first-order valence-corrected chi connectivity index (χ1v) is 8.82. The minimum atomic E-state index is -0.120. The number of thiazole rings is 1. The van der Waals surface area contributed by atoms with Gasteiger partial charge in [0.25, 0.3) is 0 Å². The Kier molecular flexibility index (Phi) is 5.38. The Morgan fingerprint density at radius 3 is 2.78 bits per heavy atom. The Hall–Kier alpha value is -1.76. The number of nitrogens with zero attached hydrogens (tertiary/aromatic N) is 2. The van der Waals surface area contributed by atoms with Gasteiger partial charge in [-0.3, -0.25) is 4.79 Å². The highest BCUT2D eigenvalue weighted by molar-refractivity contribution is 7.09. The van der Waals surface area contributed by atoms with E-state index in [-0.39, 0.29) is 11.9 Å². The topological polar surface area (TPSA) is 71.2 Å². The van der Waals surface area contributed by atoms with Gasteiger partial charge in [0, 0.05) is 31.6 Å². The van der Waals surface area contributed by atoms with Crippen molar-refractivity contribution >= 4 is 17.2 Å². The van der Waals surface area contributed by atoms with Gasteiger partial charge >= 0.3 is 0 Å². The second kappa shape index (κ2) is 7.68. The van der Waals surface area contributed by atoms with Gasteiger partial charge in [0.2, 0.25) is 5.91 Å². The van der Waals surface area contributed by atoms with E-state index in [1.807, 2.05) is 28.5 Å². The SMILES string of the molecule is NC(Cc1ccccc1)c1nc(CC(=O)N2CCNCC2)cs1. The van der Waals surface area contributed by atoms with E-state index in [1.54, 1.807) is 11.3 Å². The van der Waals surface area contributed by atoms with Crippen LogP contribution in [0.4, 0.5) is 0 Å². The predicted molar refractivity (Wildman–Crippen MR) is 92.3 cm³/mol. The Labute approximate surface area is 140 Å². The molecule has 6 heteroatoms. The first kappa shape index (κ1) is 16.1. The van der Waals surface area contributed by atoms with Crippen molar-refractivity contribution < 1.29 is 4.79 Å². The molecule has 23 heavy (non-hydrogen) atoms. The first-order valence-electron chi connectivity index (χ1n) is 7.94. The average Bonchev–Trinajstić information content (AvgIpc) is 3.05. The van der Waals surface area contributed by atoms with Crippen LogP contribution in [0, 0.1) is 0 Å². The number of aromatic nitrogens is 1. The predicted octanol–water partition coefficient (Wildman–Crippen LogP) is 1.36. The quantitative estimate of drug-likeness (QED) is 0.868. The zero-order chi connectivity index (χ0) is 16.1. The lowest BCUT2D eigenvalue weighted by atomic mass is 10.1. The van der Waals surface area contributed by atoms with Crippen LogP contribution < -0.4 is 11.1 Å². The molecule has 2 aromatic rings. The lowest BCUT2D eigenvalue weighted by molar-refractivity contribution is -0.131. The summed E-state index contributed by atoms with van der Waals surface area (Å²) in [6.07, 6.45) is 1.13. The van der Waals surface area contributed by atoms with Gasteiger partial charge in [0.15, 0.2) is 0 Å². The molecule has 5 nitrogen and oxygen atoms in total. The molecule has 2 heterocycles. The number of nitrogens with one attached hydrogen (secondary N) is 1. The fourth-order valence-corrected chi connectivity index (χ4v) is 3.53. The number of benzene rings is 1. The van der Waals surface area contributed by atoms with Crippen LogP contribution in [0.25, 0.3) is 0 Å². The summed E-state index contributed by atoms with van der Waals surface area (Å²) in [5.41, 5.74) is 8.29. The zero-order valence-corrected chi connectivity index (χ0v) is 13.9. The fraction of sp³-hybridized carbons (Fsp3) is 0.412. The third kappa shape index (κ3) is 4.37. The van der Waals surface area contributed by atoms with Crippen molar-refractivity contribution in [2.45, 2.75) is 18.9 Å². The van der Waals surface area contributed by atoms with Crippen molar-refractivity contribution in [3.63, 3.8) is 0 Å². The van der Waals surface area contributed by atoms with Crippen LogP contribution in [0.2, 0.25) is 0 Å². The van der Waals surface area contributed by atoms with Crippen molar-refractivity contribution in [2.75, 3.05) is 26.2 Å². The first-order chi connectivity index (χ1) is 11.2. The highest BCUT2D eigenvalue weighted by Gasteiger charge is 2.18. The van der Waals surface area contributed by atoms with E-state index in [0.29, 0.717) is 6.42 Å². The van der Waals surface area contributed by atoms with Crippen LogP contribution in [0.3, 0.4) is 0 Å². The van der Waals surface area contributed by atoms with E-state index < -0.39 is 0 Å². The summed E-state index contributed by atoms with van der Waals surface area (Å²) in [7, 11) is 0. The number of carbonyl (C=O) groups is 1. The molecule has 1 aliphatic rings. The maximum Gasteiger partial charge on any atom is 0.228 e. The Balaban J connectivity index is 1.57. The molecule has 1 fully saturated rings. The summed E-state index contributed by atoms with van der Waals surface area (Å²) < 4.78 is 0. The number of rotatable bonds is 5. The zero-order valence-electron chi connectivity index (χ0n) is 13.1. The van der Waals surface area contributed by atoms with Crippen molar-refractivity contribution in [2.24, 2.45) is 5.73 Å². The monoisotopic (exact) mass is 330 g/mol. The van der Waals surface area contributed by atoms with Crippen molar-refractivity contribution in [3.8, 4) is 0 Å². The lowest BCUT2D eigenvalue weighted by Crippen LogP contribution is -2.46. The molecule has 0 radical (unpaired) electrons. The third-order valence-electron chi connectivity index (χ3n) is 3.99. The van der Waals surface area contributed by atoms with E-state index in [0.717, 1.165) is 43.3 Å². The summed E-state index contributed by atoms with van der Waals surface area (Å²) in [6, 6.07) is 10.1. The van der Waals surface area contributed by atoms with Crippen molar-refractivity contribution in [1.29, 1.82) is 0 Å². The van der Waals surface area contributed by atoms with Crippen LogP contribution in [-0.4, -0.2) is 42.0 Å². The molecule has 3 rings (SSSR count). The molecule has 0 spiro atoms. The van der Waals surface area contributed by atoms with Gasteiger partial charge in [-0.25, -0.2) is 4.98 Å². The summed E-state index contributed by atoms with van der Waals surface area (Å²) >= 11 is 1.55. The van der Waals surface area contributed by atoms with Crippen LogP contribution >= 0.6 is 11.3 Å². The van der Waals surface area contributed by atoms with Gasteiger partial charge in [-0.1, -0.05) is 30.3 Å². The summed E-state index contributed by atoms with van der Waals surface area (Å²) in [5.74, 6) is 0.153. The smallest absolute Gasteiger partial charge is 0.228 e. The molecule has 1 saturated heterocycles. The van der Waals surface area contributed by atoms with Crippen LogP contribution in [-0.2, 0) is 17.6 Å². The third-order valence-corrected chi connectivity index (χ3v) is 5.01. The molecule has 1 atom stereocenters. The standard InChI is InChI=1S/C17H22N4OS/c18-15(10-13-4-2-1-3-5-13)17-20-14(12-23-17)11-16(22)21-8-6-19-7-9-21/h1-5,12,15,19H,6-11,18H2. The highest BCUT2D eigenvalue weighted by Crippen LogP contribution is 2.20. The fourth-order valence-electron chi connectivity index (χ4n) is 2.71. The van der Waals surface area contributed by atoms with Gasteiger partial charge < -0.3 is 16.0 Å². The number of nitrogens with two attached hydrogens (primary N) is 1. The van der Waals surface area contributed by atoms with Gasteiger partial charge in [0.05, 0.1) is 18.2 Å². The maximum absolute atomic E-state index is 12.3. The molecule has 1 aliphatic heterocycles. The number of carbonyl (C=O) groups excluding carboxylic acids is 1. The number of amides is 1. The lowest BCUT2D eigenvalue weighted by Gasteiger charge is -2.27. The van der Waals surface area contributed by atoms with Crippen LogP contribution in [0.15, 0.2) is 35.7 Å². The van der Waals surface area contributed by atoms with E-state index in [4.69, 9.17) is 5.73 Å².